The van der Waals surface area contributed by atoms with Crippen LogP contribution in [0.4, 0.5) is 5.82 Å². The number of nitrogen functional groups attached to an aromatic ring is 1. The topological polar surface area (TPSA) is 76.0 Å². The molecule has 0 amide bonds. The number of anilines is 1. The van der Waals surface area contributed by atoms with E-state index in [1.165, 1.54) is 12.8 Å². The number of aromatic nitrogens is 2. The molecular weight excluding hydrogens is 300 g/mol. The van der Waals surface area contributed by atoms with Gasteiger partial charge in [0, 0.05) is 6.07 Å². The summed E-state index contributed by atoms with van der Waals surface area (Å²) < 4.78 is 6.11. The summed E-state index contributed by atoms with van der Waals surface area (Å²) in [6.45, 7) is 2.92. The van der Waals surface area contributed by atoms with Gasteiger partial charge in [0.2, 0.25) is 0 Å². The molecule has 1 fully saturated rings. The Bertz CT molecular complexity index is 822. The molecule has 4 rings (SSSR count). The summed E-state index contributed by atoms with van der Waals surface area (Å²) in [5.41, 5.74) is 9.15. The number of benzene rings is 2. The van der Waals surface area contributed by atoms with Crippen molar-refractivity contribution in [3.63, 3.8) is 0 Å². The van der Waals surface area contributed by atoms with Crippen molar-refractivity contribution in [3.8, 4) is 16.9 Å². The number of rotatable bonds is 4. The van der Waals surface area contributed by atoms with E-state index < -0.39 is 0 Å². The first-order chi connectivity index (χ1) is 11.8. The number of nitrogens with two attached hydrogens (primary N) is 1. The van der Waals surface area contributed by atoms with E-state index in [0.29, 0.717) is 11.7 Å². The monoisotopic (exact) mass is 322 g/mol. The lowest BCUT2D eigenvalue weighted by Gasteiger charge is -2.22. The zero-order valence-corrected chi connectivity index (χ0v) is 13.6. The molecule has 0 unspecified atom stereocenters. The maximum absolute atomic E-state index is 6.11. The third-order valence-corrected chi connectivity index (χ3v) is 4.69. The molecule has 124 valence electrons. The molecule has 1 aliphatic heterocycles. The molecular formula is C19H22N4O. The molecule has 0 bridgehead atoms. The van der Waals surface area contributed by atoms with Crippen molar-refractivity contribution >= 4 is 16.7 Å². The minimum absolute atomic E-state index is 0.522. The Labute approximate surface area is 141 Å². The highest BCUT2D eigenvalue weighted by Crippen LogP contribution is 2.35. The van der Waals surface area contributed by atoms with Crippen molar-refractivity contribution < 1.29 is 4.74 Å². The van der Waals surface area contributed by atoms with Crippen molar-refractivity contribution in [2.24, 2.45) is 5.92 Å². The maximum atomic E-state index is 6.11. The second-order valence-electron chi connectivity index (χ2n) is 6.37. The third-order valence-electron chi connectivity index (χ3n) is 4.69. The number of fused-ring (bicyclic) bond motifs is 1. The lowest BCUT2D eigenvalue weighted by Crippen LogP contribution is -2.30. The predicted molar refractivity (Wildman–Crippen MR) is 97.0 cm³/mol. The number of hydrogen-bond acceptors (Lipinski definition) is 4. The molecule has 3 aromatic rings. The van der Waals surface area contributed by atoms with Gasteiger partial charge in [-0.05, 0) is 49.0 Å². The number of aromatic amines is 1. The van der Waals surface area contributed by atoms with Crippen LogP contribution in [0.5, 0.6) is 5.75 Å². The maximum Gasteiger partial charge on any atom is 0.153 e. The Kier molecular flexibility index (Phi) is 4.09. The van der Waals surface area contributed by atoms with E-state index in [9.17, 15) is 0 Å². The van der Waals surface area contributed by atoms with Gasteiger partial charge in [-0.25, -0.2) is 0 Å². The second kappa shape index (κ2) is 6.53. The third kappa shape index (κ3) is 2.95. The number of H-pyrrole nitrogens is 1. The van der Waals surface area contributed by atoms with Gasteiger partial charge in [-0.3, -0.25) is 5.10 Å². The Morgan fingerprint density at radius 2 is 1.92 bits per heavy atom. The lowest BCUT2D eigenvalue weighted by atomic mass is 9.99. The first-order valence-electron chi connectivity index (χ1n) is 8.48. The van der Waals surface area contributed by atoms with Gasteiger partial charge >= 0.3 is 0 Å². The molecule has 2 heterocycles. The molecule has 0 aliphatic carbocycles. The molecule has 4 N–H and O–H groups in total. The normalized spacial score (nSPS) is 15.7. The van der Waals surface area contributed by atoms with Crippen molar-refractivity contribution in [1.82, 2.24) is 15.5 Å². The summed E-state index contributed by atoms with van der Waals surface area (Å²) in [6, 6.07) is 14.3. The molecule has 0 radical (unpaired) electrons. The smallest absolute Gasteiger partial charge is 0.153 e. The molecule has 5 nitrogen and oxygen atoms in total. The fourth-order valence-corrected chi connectivity index (χ4v) is 3.35. The van der Waals surface area contributed by atoms with E-state index in [1.54, 1.807) is 0 Å². The number of piperidine rings is 1. The summed E-state index contributed by atoms with van der Waals surface area (Å²) in [7, 11) is 0. The summed E-state index contributed by atoms with van der Waals surface area (Å²) in [5, 5.41) is 11.5. The van der Waals surface area contributed by atoms with Gasteiger partial charge in [0.25, 0.3) is 0 Å². The SMILES string of the molecule is Nc1n[nH]c2cc(OCC3CCNCC3)cc(-c3ccccc3)c12. The quantitative estimate of drug-likeness (QED) is 0.689. The first-order valence-corrected chi connectivity index (χ1v) is 8.48. The van der Waals surface area contributed by atoms with Crippen molar-refractivity contribution in [2.45, 2.75) is 12.8 Å². The highest BCUT2D eigenvalue weighted by atomic mass is 16.5. The number of hydrogen-bond donors (Lipinski definition) is 3. The number of nitrogens with zero attached hydrogens (tertiary/aromatic N) is 1. The fraction of sp³-hybridized carbons (Fsp3) is 0.316. The molecule has 1 aliphatic rings. The van der Waals surface area contributed by atoms with Crippen molar-refractivity contribution in [3.05, 3.63) is 42.5 Å². The molecule has 1 aromatic heterocycles. The van der Waals surface area contributed by atoms with Gasteiger partial charge < -0.3 is 15.8 Å². The van der Waals surface area contributed by atoms with Crippen LogP contribution in [0.1, 0.15) is 12.8 Å². The van der Waals surface area contributed by atoms with Gasteiger partial charge in [-0.1, -0.05) is 30.3 Å². The average molecular weight is 322 g/mol. The standard InChI is InChI=1S/C19H22N4O/c20-19-18-16(14-4-2-1-3-5-14)10-15(11-17(18)22-23-19)24-12-13-6-8-21-9-7-13/h1-5,10-11,13,21H,6-9,12H2,(H3,20,22,23). The van der Waals surface area contributed by atoms with Gasteiger partial charge in [0.15, 0.2) is 5.82 Å². The van der Waals surface area contributed by atoms with Gasteiger partial charge in [0.05, 0.1) is 17.5 Å². The first kappa shape index (κ1) is 15.0. The fourth-order valence-electron chi connectivity index (χ4n) is 3.35. The largest absolute Gasteiger partial charge is 0.493 e. The molecule has 5 heteroatoms. The number of ether oxygens (including phenoxy) is 1. The highest BCUT2D eigenvalue weighted by molar-refractivity contribution is 6.02. The lowest BCUT2D eigenvalue weighted by molar-refractivity contribution is 0.215. The van der Waals surface area contributed by atoms with E-state index in [-0.39, 0.29) is 0 Å². The predicted octanol–water partition coefficient (Wildman–Crippen LogP) is 3.19. The van der Waals surface area contributed by atoms with Crippen LogP contribution in [0.2, 0.25) is 0 Å². The van der Waals surface area contributed by atoms with Crippen LogP contribution >= 0.6 is 0 Å². The molecule has 2 aromatic carbocycles. The van der Waals surface area contributed by atoms with E-state index in [1.807, 2.05) is 24.3 Å². The average Bonchev–Trinajstić information content (AvgIpc) is 3.02. The van der Waals surface area contributed by atoms with Crippen LogP contribution < -0.4 is 15.8 Å². The Balaban J connectivity index is 1.67. The van der Waals surface area contributed by atoms with Gasteiger partial charge in [-0.15, -0.1) is 0 Å². The van der Waals surface area contributed by atoms with Gasteiger partial charge in [-0.2, -0.15) is 5.10 Å². The van der Waals surface area contributed by atoms with Crippen LogP contribution in [0, 0.1) is 5.92 Å². The molecule has 24 heavy (non-hydrogen) atoms. The summed E-state index contributed by atoms with van der Waals surface area (Å²) in [5.74, 6) is 2.01. The van der Waals surface area contributed by atoms with Crippen LogP contribution in [-0.4, -0.2) is 29.9 Å². The van der Waals surface area contributed by atoms with Crippen LogP contribution in [0.25, 0.3) is 22.0 Å². The summed E-state index contributed by atoms with van der Waals surface area (Å²) in [4.78, 5) is 0. The van der Waals surface area contributed by atoms with E-state index in [4.69, 9.17) is 10.5 Å². The van der Waals surface area contributed by atoms with Crippen molar-refractivity contribution in [1.29, 1.82) is 0 Å². The zero-order valence-electron chi connectivity index (χ0n) is 13.6. The van der Waals surface area contributed by atoms with E-state index in [2.05, 4.69) is 33.7 Å². The molecule has 0 spiro atoms. The van der Waals surface area contributed by atoms with Crippen LogP contribution in [0.3, 0.4) is 0 Å². The van der Waals surface area contributed by atoms with E-state index in [0.717, 1.165) is 47.5 Å². The minimum Gasteiger partial charge on any atom is -0.493 e. The summed E-state index contributed by atoms with van der Waals surface area (Å²) >= 11 is 0. The molecule has 0 saturated carbocycles. The Morgan fingerprint density at radius 3 is 2.71 bits per heavy atom. The highest BCUT2D eigenvalue weighted by Gasteiger charge is 2.16. The second-order valence-corrected chi connectivity index (χ2v) is 6.37. The molecule has 0 atom stereocenters. The Morgan fingerprint density at radius 1 is 1.12 bits per heavy atom. The van der Waals surface area contributed by atoms with Crippen molar-refractivity contribution in [2.75, 3.05) is 25.4 Å². The van der Waals surface area contributed by atoms with Crippen LogP contribution in [-0.2, 0) is 0 Å². The molecule has 1 saturated heterocycles. The van der Waals surface area contributed by atoms with Gasteiger partial charge in [0.1, 0.15) is 5.75 Å². The van der Waals surface area contributed by atoms with E-state index >= 15 is 0 Å². The summed E-state index contributed by atoms with van der Waals surface area (Å²) in [6.07, 6.45) is 2.34. The Hall–Kier alpha value is -2.53. The van der Waals surface area contributed by atoms with Crippen LogP contribution in [0.15, 0.2) is 42.5 Å². The minimum atomic E-state index is 0.522. The zero-order chi connectivity index (χ0) is 16.4. The number of nitrogens with one attached hydrogen (secondary N) is 2.